The monoisotopic (exact) mass is 293 g/mol. The van der Waals surface area contributed by atoms with E-state index in [1.54, 1.807) is 0 Å². The first-order chi connectivity index (χ1) is 9.99. The average molecular weight is 294 g/mol. The largest absolute Gasteiger partial charge is 0.316 e. The Kier molecular flexibility index (Phi) is 6.59. The molecule has 1 nitrogen and oxygen atoms in total. The molecule has 2 aliphatic rings. The smallest absolute Gasteiger partial charge is 0.00204 e. The second-order valence-corrected chi connectivity index (χ2v) is 9.04. The maximum absolute atomic E-state index is 3.81. The lowest BCUT2D eigenvalue weighted by atomic mass is 9.70. The van der Waals surface area contributed by atoms with E-state index < -0.39 is 0 Å². The number of hydrogen-bond acceptors (Lipinski definition) is 1. The van der Waals surface area contributed by atoms with E-state index in [1.165, 1.54) is 70.9 Å². The van der Waals surface area contributed by atoms with E-state index >= 15 is 0 Å². The molecule has 0 atom stereocenters. The van der Waals surface area contributed by atoms with Gasteiger partial charge in [0.15, 0.2) is 0 Å². The Morgan fingerprint density at radius 1 is 0.714 bits per heavy atom. The van der Waals surface area contributed by atoms with Crippen LogP contribution in [0.5, 0.6) is 0 Å². The van der Waals surface area contributed by atoms with Crippen LogP contribution in [0, 0.1) is 29.1 Å². The lowest BCUT2D eigenvalue weighted by Gasteiger charge is -2.37. The third kappa shape index (κ3) is 5.58. The minimum Gasteiger partial charge on any atom is -0.316 e. The molecule has 0 spiro atoms. The average Bonchev–Trinajstić information content (AvgIpc) is 2.47. The van der Waals surface area contributed by atoms with Crippen molar-refractivity contribution in [2.75, 3.05) is 13.1 Å². The van der Waals surface area contributed by atoms with Crippen LogP contribution in [-0.2, 0) is 0 Å². The summed E-state index contributed by atoms with van der Waals surface area (Å²) < 4.78 is 0. The van der Waals surface area contributed by atoms with Crippen molar-refractivity contribution in [1.82, 2.24) is 5.32 Å². The molecule has 1 heteroatoms. The summed E-state index contributed by atoms with van der Waals surface area (Å²) in [6.07, 6.45) is 13.1. The van der Waals surface area contributed by atoms with Crippen molar-refractivity contribution in [2.45, 2.75) is 85.5 Å². The fourth-order valence-electron chi connectivity index (χ4n) is 4.57. The SMILES string of the molecule is CCC1CCC(CNCC2CCC(C(C)(C)C)CC2)CC1. The van der Waals surface area contributed by atoms with Crippen LogP contribution < -0.4 is 5.32 Å². The second-order valence-electron chi connectivity index (χ2n) is 9.04. The zero-order chi connectivity index (χ0) is 15.3. The molecule has 0 unspecified atom stereocenters. The zero-order valence-electron chi connectivity index (χ0n) is 15.1. The van der Waals surface area contributed by atoms with Crippen LogP contribution in [0.1, 0.15) is 85.5 Å². The van der Waals surface area contributed by atoms with Gasteiger partial charge in [-0.15, -0.1) is 0 Å². The maximum Gasteiger partial charge on any atom is -0.00204 e. The van der Waals surface area contributed by atoms with Crippen molar-refractivity contribution in [3.63, 3.8) is 0 Å². The van der Waals surface area contributed by atoms with Crippen molar-refractivity contribution < 1.29 is 0 Å². The molecule has 0 bridgehead atoms. The van der Waals surface area contributed by atoms with Crippen molar-refractivity contribution in [3.8, 4) is 0 Å². The second kappa shape index (κ2) is 7.99. The molecule has 0 heterocycles. The molecule has 2 rings (SSSR count). The Labute approximate surface area is 133 Å². The Morgan fingerprint density at radius 2 is 1.14 bits per heavy atom. The zero-order valence-corrected chi connectivity index (χ0v) is 15.1. The van der Waals surface area contributed by atoms with E-state index in [-0.39, 0.29) is 0 Å². The highest BCUT2D eigenvalue weighted by Gasteiger charge is 2.29. The van der Waals surface area contributed by atoms with Crippen LogP contribution in [0.25, 0.3) is 0 Å². The topological polar surface area (TPSA) is 12.0 Å². The van der Waals surface area contributed by atoms with Crippen molar-refractivity contribution in [1.29, 1.82) is 0 Å². The van der Waals surface area contributed by atoms with E-state index in [9.17, 15) is 0 Å². The molecule has 0 amide bonds. The fourth-order valence-corrected chi connectivity index (χ4v) is 4.57. The van der Waals surface area contributed by atoms with E-state index in [4.69, 9.17) is 0 Å². The van der Waals surface area contributed by atoms with Gasteiger partial charge in [0.2, 0.25) is 0 Å². The Morgan fingerprint density at radius 3 is 1.57 bits per heavy atom. The normalized spacial score (nSPS) is 34.9. The molecule has 1 N–H and O–H groups in total. The predicted octanol–water partition coefficient (Wildman–Crippen LogP) is 5.64. The minimum absolute atomic E-state index is 0.524. The van der Waals surface area contributed by atoms with Crippen LogP contribution in [0.15, 0.2) is 0 Å². The van der Waals surface area contributed by atoms with Crippen LogP contribution >= 0.6 is 0 Å². The first-order valence-electron chi connectivity index (χ1n) is 9.69. The molecular weight excluding hydrogens is 254 g/mol. The highest BCUT2D eigenvalue weighted by atomic mass is 14.9. The highest BCUT2D eigenvalue weighted by Crippen LogP contribution is 2.39. The number of hydrogen-bond donors (Lipinski definition) is 1. The molecule has 0 aliphatic heterocycles. The van der Waals surface area contributed by atoms with E-state index in [2.05, 4.69) is 33.0 Å². The molecule has 0 radical (unpaired) electrons. The van der Waals surface area contributed by atoms with Crippen LogP contribution in [0.2, 0.25) is 0 Å². The Hall–Kier alpha value is -0.0400. The summed E-state index contributed by atoms with van der Waals surface area (Å²) >= 11 is 0. The van der Waals surface area contributed by atoms with Gasteiger partial charge < -0.3 is 5.32 Å². The standard InChI is InChI=1S/C20H39N/c1-5-16-6-8-17(9-7-16)14-21-15-18-10-12-19(13-11-18)20(2,3)4/h16-19,21H,5-15H2,1-4H3. The van der Waals surface area contributed by atoms with Gasteiger partial charge in [-0.25, -0.2) is 0 Å². The molecule has 0 aromatic carbocycles. The summed E-state index contributed by atoms with van der Waals surface area (Å²) in [6.45, 7) is 12.2. The molecule has 21 heavy (non-hydrogen) atoms. The summed E-state index contributed by atoms with van der Waals surface area (Å²) in [5.41, 5.74) is 0.524. The van der Waals surface area contributed by atoms with Crippen molar-refractivity contribution >= 4 is 0 Å². The van der Waals surface area contributed by atoms with Crippen LogP contribution in [0.3, 0.4) is 0 Å². The van der Waals surface area contributed by atoms with Gasteiger partial charge in [0.25, 0.3) is 0 Å². The first-order valence-corrected chi connectivity index (χ1v) is 9.69. The van der Waals surface area contributed by atoms with E-state index in [1.807, 2.05) is 0 Å². The summed E-state index contributed by atoms with van der Waals surface area (Å²) in [5.74, 6) is 3.92. The molecule has 0 saturated heterocycles. The quantitative estimate of drug-likeness (QED) is 0.691. The molecule has 0 aromatic rings. The predicted molar refractivity (Wildman–Crippen MR) is 93.5 cm³/mol. The van der Waals surface area contributed by atoms with E-state index in [0.717, 1.165) is 23.7 Å². The lowest BCUT2D eigenvalue weighted by Crippen LogP contribution is -2.33. The number of rotatable bonds is 5. The van der Waals surface area contributed by atoms with Gasteiger partial charge in [0.05, 0.1) is 0 Å². The molecular formula is C20H39N. The third-order valence-corrected chi connectivity index (χ3v) is 6.48. The van der Waals surface area contributed by atoms with E-state index in [0.29, 0.717) is 5.41 Å². The minimum atomic E-state index is 0.524. The molecule has 0 aromatic heterocycles. The van der Waals surface area contributed by atoms with Gasteiger partial charge in [0.1, 0.15) is 0 Å². The third-order valence-electron chi connectivity index (χ3n) is 6.48. The molecule has 2 aliphatic carbocycles. The first kappa shape index (κ1) is 17.3. The summed E-state index contributed by atoms with van der Waals surface area (Å²) in [6, 6.07) is 0. The van der Waals surface area contributed by atoms with Crippen LogP contribution in [-0.4, -0.2) is 13.1 Å². The van der Waals surface area contributed by atoms with Gasteiger partial charge >= 0.3 is 0 Å². The Balaban J connectivity index is 1.56. The summed E-state index contributed by atoms with van der Waals surface area (Å²) in [5, 5.41) is 3.81. The van der Waals surface area contributed by atoms with Crippen molar-refractivity contribution in [2.24, 2.45) is 29.1 Å². The van der Waals surface area contributed by atoms with Gasteiger partial charge in [0, 0.05) is 0 Å². The Bertz CT molecular complexity index is 275. The van der Waals surface area contributed by atoms with Gasteiger partial charge in [-0.1, -0.05) is 47.0 Å². The fraction of sp³-hybridized carbons (Fsp3) is 1.00. The van der Waals surface area contributed by atoms with Gasteiger partial charge in [-0.2, -0.15) is 0 Å². The molecule has 124 valence electrons. The summed E-state index contributed by atoms with van der Waals surface area (Å²) in [4.78, 5) is 0. The summed E-state index contributed by atoms with van der Waals surface area (Å²) in [7, 11) is 0. The lowest BCUT2D eigenvalue weighted by molar-refractivity contribution is 0.147. The van der Waals surface area contributed by atoms with Crippen molar-refractivity contribution in [3.05, 3.63) is 0 Å². The maximum atomic E-state index is 3.81. The van der Waals surface area contributed by atoms with Crippen LogP contribution in [0.4, 0.5) is 0 Å². The van der Waals surface area contributed by atoms with Gasteiger partial charge in [-0.05, 0) is 80.7 Å². The molecule has 2 fully saturated rings. The highest BCUT2D eigenvalue weighted by molar-refractivity contribution is 4.81. The van der Waals surface area contributed by atoms with Gasteiger partial charge in [-0.3, -0.25) is 0 Å². The molecule has 2 saturated carbocycles. The number of nitrogens with one attached hydrogen (secondary N) is 1.